The monoisotopic (exact) mass is 185 g/mol. The van der Waals surface area contributed by atoms with Crippen LogP contribution in [0.4, 0.5) is 0 Å². The van der Waals surface area contributed by atoms with Gasteiger partial charge in [0.2, 0.25) is 0 Å². The molecule has 0 aliphatic carbocycles. The summed E-state index contributed by atoms with van der Waals surface area (Å²) < 4.78 is 31.6. The lowest BCUT2D eigenvalue weighted by Gasteiger charge is -2.08. The van der Waals surface area contributed by atoms with Gasteiger partial charge in [0.15, 0.2) is 0 Å². The first-order valence-corrected chi connectivity index (χ1v) is 4.85. The molecule has 0 radical (unpaired) electrons. The predicted octanol–water partition coefficient (Wildman–Crippen LogP) is 1.21. The molecule has 0 heterocycles. The highest BCUT2D eigenvalue weighted by atomic mass is 32.2. The third-order valence-corrected chi connectivity index (χ3v) is 2.60. The third-order valence-electron chi connectivity index (χ3n) is 1.77. The van der Waals surface area contributed by atoms with Crippen molar-refractivity contribution in [2.24, 2.45) is 0 Å². The first kappa shape index (κ1) is 9.22. The first-order chi connectivity index (χ1) is 5.41. The standard InChI is InChI=1S/C8H10O3S/c1-6-3-4-8(5-7(6)2)12(9,10)11/h3-5H,1-2H3,(H,9,10,11)/p-1. The van der Waals surface area contributed by atoms with Gasteiger partial charge >= 0.3 is 0 Å². The van der Waals surface area contributed by atoms with E-state index >= 15 is 0 Å². The Hall–Kier alpha value is -0.870. The maximum Gasteiger partial charge on any atom is 0.124 e. The fourth-order valence-corrected chi connectivity index (χ4v) is 1.43. The largest absolute Gasteiger partial charge is 0.744 e. The molecule has 0 aliphatic rings. The van der Waals surface area contributed by atoms with Gasteiger partial charge in [-0.2, -0.15) is 0 Å². The molecule has 4 heteroatoms. The lowest BCUT2D eigenvalue weighted by atomic mass is 10.1. The first-order valence-electron chi connectivity index (χ1n) is 3.44. The molecule has 1 rings (SSSR count). The molecule has 3 nitrogen and oxygen atoms in total. The summed E-state index contributed by atoms with van der Waals surface area (Å²) in [5.74, 6) is 0. The van der Waals surface area contributed by atoms with Crippen LogP contribution in [0.2, 0.25) is 0 Å². The highest BCUT2D eigenvalue weighted by molar-refractivity contribution is 7.85. The predicted molar refractivity (Wildman–Crippen MR) is 43.9 cm³/mol. The van der Waals surface area contributed by atoms with Crippen molar-refractivity contribution in [2.45, 2.75) is 18.7 Å². The molecule has 12 heavy (non-hydrogen) atoms. The average molecular weight is 185 g/mol. The van der Waals surface area contributed by atoms with E-state index in [1.54, 1.807) is 13.0 Å². The molecule has 1 aromatic carbocycles. The molecule has 0 bridgehead atoms. The number of rotatable bonds is 1. The number of benzene rings is 1. The van der Waals surface area contributed by atoms with E-state index in [1.165, 1.54) is 12.1 Å². The fourth-order valence-electron chi connectivity index (χ4n) is 0.869. The van der Waals surface area contributed by atoms with Crippen LogP contribution in [0.1, 0.15) is 11.1 Å². The summed E-state index contributed by atoms with van der Waals surface area (Å²) in [4.78, 5) is -0.161. The molecule has 0 unspecified atom stereocenters. The third kappa shape index (κ3) is 1.84. The normalized spacial score (nSPS) is 11.6. The second-order valence-electron chi connectivity index (χ2n) is 2.70. The lowest BCUT2D eigenvalue weighted by molar-refractivity contribution is 0.463. The second kappa shape index (κ2) is 2.88. The van der Waals surface area contributed by atoms with E-state index in [0.717, 1.165) is 11.1 Å². The van der Waals surface area contributed by atoms with Crippen LogP contribution in [0.5, 0.6) is 0 Å². The summed E-state index contributed by atoms with van der Waals surface area (Å²) in [5, 5.41) is 0. The van der Waals surface area contributed by atoms with E-state index in [1.807, 2.05) is 6.92 Å². The van der Waals surface area contributed by atoms with Crippen molar-refractivity contribution in [3.8, 4) is 0 Å². The van der Waals surface area contributed by atoms with E-state index < -0.39 is 10.1 Å². The van der Waals surface area contributed by atoms with Gasteiger partial charge in [0.25, 0.3) is 0 Å². The SMILES string of the molecule is Cc1ccc(S(=O)(=O)[O-])cc1C. The second-order valence-corrected chi connectivity index (χ2v) is 4.08. The molecule has 0 N–H and O–H groups in total. The van der Waals surface area contributed by atoms with Crippen molar-refractivity contribution in [1.29, 1.82) is 0 Å². The van der Waals surface area contributed by atoms with Crippen molar-refractivity contribution in [2.75, 3.05) is 0 Å². The Bertz CT molecular complexity index is 393. The Morgan fingerprint density at radius 3 is 2.17 bits per heavy atom. The van der Waals surface area contributed by atoms with Crippen molar-refractivity contribution in [3.63, 3.8) is 0 Å². The minimum atomic E-state index is -4.29. The number of hydrogen-bond donors (Lipinski definition) is 0. The van der Waals surface area contributed by atoms with Crippen LogP contribution in [0, 0.1) is 13.8 Å². The molecule has 0 aromatic heterocycles. The molecule has 0 atom stereocenters. The van der Waals surface area contributed by atoms with Crippen molar-refractivity contribution in [1.82, 2.24) is 0 Å². The highest BCUT2D eigenvalue weighted by Gasteiger charge is 2.01. The summed E-state index contributed by atoms with van der Waals surface area (Å²) in [7, 11) is -4.29. The van der Waals surface area contributed by atoms with Gasteiger partial charge in [0, 0.05) is 0 Å². The highest BCUT2D eigenvalue weighted by Crippen LogP contribution is 2.13. The fraction of sp³-hybridized carbons (Fsp3) is 0.250. The van der Waals surface area contributed by atoms with Crippen LogP contribution in [0.3, 0.4) is 0 Å². The van der Waals surface area contributed by atoms with Crippen LogP contribution < -0.4 is 0 Å². The average Bonchev–Trinajstić information content (AvgIpc) is 1.92. The van der Waals surface area contributed by atoms with E-state index in [-0.39, 0.29) is 4.90 Å². The molecule has 0 fully saturated rings. The quantitative estimate of drug-likeness (QED) is 0.618. The maximum absolute atomic E-state index is 10.5. The van der Waals surface area contributed by atoms with Gasteiger partial charge < -0.3 is 4.55 Å². The van der Waals surface area contributed by atoms with Crippen LogP contribution in [-0.4, -0.2) is 13.0 Å². The van der Waals surface area contributed by atoms with Gasteiger partial charge in [-0.3, -0.25) is 0 Å². The van der Waals surface area contributed by atoms with Crippen LogP contribution in [0.15, 0.2) is 23.1 Å². The van der Waals surface area contributed by atoms with Gasteiger partial charge in [-0.1, -0.05) is 6.07 Å². The van der Waals surface area contributed by atoms with Gasteiger partial charge in [-0.15, -0.1) is 0 Å². The molecule has 0 saturated heterocycles. The van der Waals surface area contributed by atoms with Gasteiger partial charge in [-0.05, 0) is 37.1 Å². The zero-order chi connectivity index (χ0) is 9.35. The summed E-state index contributed by atoms with van der Waals surface area (Å²) in [6, 6.07) is 4.34. The Balaban J connectivity index is 3.33. The summed E-state index contributed by atoms with van der Waals surface area (Å²) in [5.41, 5.74) is 1.79. The summed E-state index contributed by atoms with van der Waals surface area (Å²) >= 11 is 0. The molecular formula is C8H9O3S-. The van der Waals surface area contributed by atoms with E-state index in [9.17, 15) is 13.0 Å². The van der Waals surface area contributed by atoms with Crippen molar-refractivity contribution < 1.29 is 13.0 Å². The summed E-state index contributed by atoms with van der Waals surface area (Å²) in [6.07, 6.45) is 0. The van der Waals surface area contributed by atoms with Crippen molar-refractivity contribution >= 4 is 10.1 Å². The number of aryl methyl sites for hydroxylation is 2. The maximum atomic E-state index is 10.5. The minimum absolute atomic E-state index is 0.161. The Labute approximate surface area is 71.8 Å². The van der Waals surface area contributed by atoms with Crippen LogP contribution in [-0.2, 0) is 10.1 Å². The smallest absolute Gasteiger partial charge is 0.124 e. The van der Waals surface area contributed by atoms with Gasteiger partial charge in [0.1, 0.15) is 10.1 Å². The van der Waals surface area contributed by atoms with Crippen molar-refractivity contribution in [3.05, 3.63) is 29.3 Å². The van der Waals surface area contributed by atoms with E-state index in [4.69, 9.17) is 0 Å². The zero-order valence-corrected chi connectivity index (χ0v) is 7.68. The Morgan fingerprint density at radius 1 is 1.17 bits per heavy atom. The minimum Gasteiger partial charge on any atom is -0.744 e. The topological polar surface area (TPSA) is 57.2 Å². The molecule has 66 valence electrons. The molecule has 0 amide bonds. The van der Waals surface area contributed by atoms with Gasteiger partial charge in [-0.25, -0.2) is 8.42 Å². The van der Waals surface area contributed by atoms with Gasteiger partial charge in [0.05, 0.1) is 4.90 Å². The molecule has 1 aromatic rings. The molecular weight excluding hydrogens is 176 g/mol. The number of hydrogen-bond acceptors (Lipinski definition) is 3. The zero-order valence-electron chi connectivity index (χ0n) is 6.87. The lowest BCUT2D eigenvalue weighted by Crippen LogP contribution is -1.99. The Kier molecular flexibility index (Phi) is 2.21. The Morgan fingerprint density at radius 2 is 1.75 bits per heavy atom. The molecule has 0 spiro atoms. The van der Waals surface area contributed by atoms with E-state index in [2.05, 4.69) is 0 Å². The molecule has 0 aliphatic heterocycles. The summed E-state index contributed by atoms with van der Waals surface area (Å²) in [6.45, 7) is 3.63. The van der Waals surface area contributed by atoms with Crippen LogP contribution >= 0.6 is 0 Å². The van der Waals surface area contributed by atoms with E-state index in [0.29, 0.717) is 0 Å². The van der Waals surface area contributed by atoms with Crippen LogP contribution in [0.25, 0.3) is 0 Å². The molecule has 0 saturated carbocycles.